The third-order valence-corrected chi connectivity index (χ3v) is 4.50. The van der Waals surface area contributed by atoms with E-state index in [1.807, 2.05) is 43.3 Å². The molecule has 1 aliphatic heterocycles. The van der Waals surface area contributed by atoms with Gasteiger partial charge in [0, 0.05) is 17.7 Å². The van der Waals surface area contributed by atoms with Crippen LogP contribution in [0, 0.1) is 12.3 Å². The van der Waals surface area contributed by atoms with E-state index in [0.29, 0.717) is 11.3 Å². The number of aryl methyl sites for hydroxylation is 1. The molecule has 0 saturated carbocycles. The van der Waals surface area contributed by atoms with Crippen molar-refractivity contribution in [3.05, 3.63) is 59.7 Å². The quantitative estimate of drug-likeness (QED) is 0.876. The fourth-order valence-electron chi connectivity index (χ4n) is 3.14. The predicted octanol–water partition coefficient (Wildman–Crippen LogP) is 3.07. The molecular weight excluding hydrogens is 316 g/mol. The average Bonchev–Trinajstić information content (AvgIpc) is 3.03. The molecule has 1 atom stereocenters. The second kappa shape index (κ2) is 6.89. The molecule has 0 radical (unpaired) electrons. The highest BCUT2D eigenvalue weighted by Crippen LogP contribution is 2.25. The molecule has 128 valence electrons. The molecule has 1 amide bonds. The van der Waals surface area contributed by atoms with Crippen LogP contribution >= 0.6 is 0 Å². The Kier molecular flexibility index (Phi) is 4.65. The number of esters is 1. The van der Waals surface area contributed by atoms with Crippen molar-refractivity contribution in [1.29, 1.82) is 5.41 Å². The Balaban J connectivity index is 1.84. The van der Waals surface area contributed by atoms with Gasteiger partial charge in [-0.25, -0.2) is 4.79 Å². The normalized spacial score (nSPS) is 16.8. The molecule has 0 aromatic heterocycles. The second-order valence-corrected chi connectivity index (χ2v) is 6.17. The van der Waals surface area contributed by atoms with E-state index >= 15 is 0 Å². The van der Waals surface area contributed by atoms with Gasteiger partial charge in [-0.1, -0.05) is 36.4 Å². The summed E-state index contributed by atoms with van der Waals surface area (Å²) < 4.78 is 4.76. The Morgan fingerprint density at radius 1 is 1.12 bits per heavy atom. The number of ether oxygens (including phenoxy) is 1. The van der Waals surface area contributed by atoms with Crippen LogP contribution < -0.4 is 0 Å². The van der Waals surface area contributed by atoms with Gasteiger partial charge in [0.1, 0.15) is 6.04 Å². The van der Waals surface area contributed by atoms with E-state index in [4.69, 9.17) is 10.1 Å². The fraction of sp³-hybridized carbons (Fsp3) is 0.250. The minimum Gasteiger partial charge on any atom is -0.467 e. The molecule has 0 spiro atoms. The molecule has 5 nitrogen and oxygen atoms in total. The molecular formula is C20H20N2O3. The van der Waals surface area contributed by atoms with Crippen molar-refractivity contribution in [2.45, 2.75) is 19.4 Å². The number of rotatable bonds is 3. The molecule has 3 rings (SSSR count). The summed E-state index contributed by atoms with van der Waals surface area (Å²) in [6, 6.07) is 14.7. The van der Waals surface area contributed by atoms with E-state index in [0.717, 1.165) is 11.1 Å². The summed E-state index contributed by atoms with van der Waals surface area (Å²) in [6.45, 7) is 2.21. The van der Waals surface area contributed by atoms with Crippen LogP contribution in [0.1, 0.15) is 22.3 Å². The van der Waals surface area contributed by atoms with Gasteiger partial charge in [-0.3, -0.25) is 4.79 Å². The number of carbonyl (C=O) groups excluding carboxylic acids is 2. The number of nitrogens with one attached hydrogen (secondary N) is 1. The smallest absolute Gasteiger partial charge is 0.328 e. The van der Waals surface area contributed by atoms with Crippen molar-refractivity contribution < 1.29 is 14.3 Å². The zero-order valence-electron chi connectivity index (χ0n) is 14.3. The van der Waals surface area contributed by atoms with Gasteiger partial charge in [-0.2, -0.15) is 0 Å². The first kappa shape index (κ1) is 16.9. The van der Waals surface area contributed by atoms with Crippen LogP contribution in [0.25, 0.3) is 11.1 Å². The van der Waals surface area contributed by atoms with E-state index in [-0.39, 0.29) is 18.9 Å². The van der Waals surface area contributed by atoms with Crippen molar-refractivity contribution in [3.8, 4) is 11.1 Å². The highest BCUT2D eigenvalue weighted by Gasteiger charge is 2.38. The largest absolute Gasteiger partial charge is 0.467 e. The zero-order valence-corrected chi connectivity index (χ0v) is 14.3. The number of methoxy groups -OCH3 is 1. The number of nitrogens with zero attached hydrogens (tertiary/aromatic N) is 1. The van der Waals surface area contributed by atoms with Gasteiger partial charge in [0.25, 0.3) is 5.91 Å². The van der Waals surface area contributed by atoms with E-state index < -0.39 is 12.0 Å². The van der Waals surface area contributed by atoms with Crippen LogP contribution in [0.2, 0.25) is 0 Å². The first-order valence-corrected chi connectivity index (χ1v) is 8.12. The third-order valence-electron chi connectivity index (χ3n) is 4.50. The van der Waals surface area contributed by atoms with Gasteiger partial charge in [0.15, 0.2) is 0 Å². The minimum atomic E-state index is -0.707. The molecule has 5 heteroatoms. The Morgan fingerprint density at radius 3 is 2.44 bits per heavy atom. The topological polar surface area (TPSA) is 70.5 Å². The van der Waals surface area contributed by atoms with Gasteiger partial charge in [0.2, 0.25) is 0 Å². The third kappa shape index (κ3) is 3.31. The van der Waals surface area contributed by atoms with E-state index in [9.17, 15) is 9.59 Å². The molecule has 0 bridgehead atoms. The molecule has 0 unspecified atom stereocenters. The average molecular weight is 336 g/mol. The van der Waals surface area contributed by atoms with Crippen LogP contribution in [-0.4, -0.2) is 42.2 Å². The van der Waals surface area contributed by atoms with Crippen LogP contribution in [-0.2, 0) is 9.53 Å². The summed E-state index contributed by atoms with van der Waals surface area (Å²) >= 11 is 0. The summed E-state index contributed by atoms with van der Waals surface area (Å²) in [4.78, 5) is 26.0. The highest BCUT2D eigenvalue weighted by atomic mass is 16.5. The lowest BCUT2D eigenvalue weighted by molar-refractivity contribution is -0.145. The predicted molar refractivity (Wildman–Crippen MR) is 95.8 cm³/mol. The SMILES string of the molecule is COC(=O)[C@@H]1CC(=N)CN1C(=O)c1ccc(-c2ccccc2C)cc1. The van der Waals surface area contributed by atoms with Gasteiger partial charge in [-0.05, 0) is 35.7 Å². The second-order valence-electron chi connectivity index (χ2n) is 6.17. The van der Waals surface area contributed by atoms with Gasteiger partial charge < -0.3 is 15.0 Å². The Labute approximate surface area is 146 Å². The van der Waals surface area contributed by atoms with Crippen LogP contribution in [0.3, 0.4) is 0 Å². The summed E-state index contributed by atoms with van der Waals surface area (Å²) in [5.41, 5.74) is 4.19. The Hall–Kier alpha value is -2.95. The van der Waals surface area contributed by atoms with Crippen LogP contribution in [0.5, 0.6) is 0 Å². The monoisotopic (exact) mass is 336 g/mol. The lowest BCUT2D eigenvalue weighted by atomic mass is 9.99. The van der Waals surface area contributed by atoms with Crippen molar-refractivity contribution in [2.75, 3.05) is 13.7 Å². The first-order valence-electron chi connectivity index (χ1n) is 8.12. The number of amides is 1. The molecule has 1 fully saturated rings. The molecule has 2 aromatic carbocycles. The molecule has 1 aliphatic rings. The minimum absolute atomic E-state index is 0.165. The Morgan fingerprint density at radius 2 is 1.80 bits per heavy atom. The number of hydrogen-bond donors (Lipinski definition) is 1. The van der Waals surface area contributed by atoms with E-state index in [1.165, 1.54) is 17.6 Å². The number of carbonyl (C=O) groups is 2. The maximum Gasteiger partial charge on any atom is 0.328 e. The summed E-state index contributed by atoms with van der Waals surface area (Å²) in [5.74, 6) is -0.735. The van der Waals surface area contributed by atoms with E-state index in [2.05, 4.69) is 0 Å². The maximum atomic E-state index is 12.8. The molecule has 1 N–H and O–H groups in total. The first-order chi connectivity index (χ1) is 12.0. The van der Waals surface area contributed by atoms with Crippen molar-refractivity contribution in [2.24, 2.45) is 0 Å². The molecule has 0 aliphatic carbocycles. The fourth-order valence-corrected chi connectivity index (χ4v) is 3.14. The lowest BCUT2D eigenvalue weighted by Gasteiger charge is -2.22. The number of likely N-dealkylation sites (tertiary alicyclic amines) is 1. The number of benzene rings is 2. The standard InChI is InChI=1S/C20H20N2O3/c1-13-5-3-4-6-17(13)14-7-9-15(10-8-14)19(23)22-12-16(21)11-18(22)20(24)25-2/h3-10,18,21H,11-12H2,1-2H3/t18-/m0/s1. The van der Waals surface area contributed by atoms with Gasteiger partial charge >= 0.3 is 5.97 Å². The van der Waals surface area contributed by atoms with Gasteiger partial charge in [-0.15, -0.1) is 0 Å². The summed E-state index contributed by atoms with van der Waals surface area (Å²) in [5, 5.41) is 7.80. The van der Waals surface area contributed by atoms with Crippen molar-refractivity contribution in [3.63, 3.8) is 0 Å². The highest BCUT2D eigenvalue weighted by molar-refractivity contribution is 6.04. The number of hydrogen-bond acceptors (Lipinski definition) is 4. The summed E-state index contributed by atoms with van der Waals surface area (Å²) in [7, 11) is 1.30. The Bertz CT molecular complexity index is 827. The summed E-state index contributed by atoms with van der Waals surface area (Å²) in [6.07, 6.45) is 0.236. The van der Waals surface area contributed by atoms with Crippen LogP contribution in [0.4, 0.5) is 0 Å². The lowest BCUT2D eigenvalue weighted by Crippen LogP contribution is -2.41. The molecule has 1 heterocycles. The van der Waals surface area contributed by atoms with Crippen molar-refractivity contribution >= 4 is 17.6 Å². The van der Waals surface area contributed by atoms with E-state index in [1.54, 1.807) is 12.1 Å². The zero-order chi connectivity index (χ0) is 18.0. The van der Waals surface area contributed by atoms with Crippen molar-refractivity contribution in [1.82, 2.24) is 4.90 Å². The maximum absolute atomic E-state index is 12.8. The van der Waals surface area contributed by atoms with Crippen LogP contribution in [0.15, 0.2) is 48.5 Å². The molecule has 25 heavy (non-hydrogen) atoms. The molecule has 1 saturated heterocycles. The molecule has 2 aromatic rings. The van der Waals surface area contributed by atoms with Gasteiger partial charge in [0.05, 0.1) is 13.7 Å².